The summed E-state index contributed by atoms with van der Waals surface area (Å²) in [5, 5.41) is 4.39. The predicted molar refractivity (Wildman–Crippen MR) is 50.0 cm³/mol. The molecule has 0 bridgehead atoms. The number of rotatable bonds is 2. The van der Waals surface area contributed by atoms with Gasteiger partial charge in [0, 0.05) is 23.8 Å². The highest BCUT2D eigenvalue weighted by Crippen LogP contribution is 2.18. The van der Waals surface area contributed by atoms with Crippen LogP contribution < -0.4 is 5.73 Å². The maximum Gasteiger partial charge on any atom is 0.0644 e. The molecule has 0 aliphatic rings. The first-order chi connectivity index (χ1) is 5.57. The Kier molecular flexibility index (Phi) is 2.52. The van der Waals surface area contributed by atoms with E-state index in [1.54, 1.807) is 0 Å². The predicted octanol–water partition coefficient (Wildman–Crippen LogP) is 1.54. The van der Waals surface area contributed by atoms with Gasteiger partial charge in [0.1, 0.15) is 0 Å². The number of hydrogen-bond donors (Lipinski definition) is 1. The number of nitrogens with zero attached hydrogens (tertiary/aromatic N) is 2. The summed E-state index contributed by atoms with van der Waals surface area (Å²) >= 11 is 0. The van der Waals surface area contributed by atoms with E-state index in [4.69, 9.17) is 5.73 Å². The van der Waals surface area contributed by atoms with Gasteiger partial charge in [-0.1, -0.05) is 0 Å². The molecule has 1 rings (SSSR count). The highest BCUT2D eigenvalue weighted by Gasteiger charge is 2.12. The molecule has 0 saturated heterocycles. The average Bonchev–Trinajstić information content (AvgIpc) is 2.25. The summed E-state index contributed by atoms with van der Waals surface area (Å²) in [6.07, 6.45) is 0. The lowest BCUT2D eigenvalue weighted by molar-refractivity contribution is 0.632. The number of aryl methyl sites for hydroxylation is 2. The van der Waals surface area contributed by atoms with Gasteiger partial charge in [-0.25, -0.2) is 0 Å². The van der Waals surface area contributed by atoms with Crippen molar-refractivity contribution in [1.82, 2.24) is 9.78 Å². The van der Waals surface area contributed by atoms with Crippen molar-refractivity contribution in [2.45, 2.75) is 40.3 Å². The summed E-state index contributed by atoms with van der Waals surface area (Å²) in [6.45, 7) is 9.08. The van der Waals surface area contributed by atoms with Crippen molar-refractivity contribution in [2.75, 3.05) is 0 Å². The van der Waals surface area contributed by atoms with Crippen LogP contribution in [0.25, 0.3) is 0 Å². The summed E-state index contributed by atoms with van der Waals surface area (Å²) in [5.41, 5.74) is 9.28. The van der Waals surface area contributed by atoms with Crippen LogP contribution in [0.5, 0.6) is 0 Å². The van der Waals surface area contributed by atoms with Gasteiger partial charge in [0.2, 0.25) is 0 Å². The highest BCUT2D eigenvalue weighted by atomic mass is 15.3. The topological polar surface area (TPSA) is 43.8 Å². The second-order valence-electron chi connectivity index (χ2n) is 3.19. The molecule has 0 amide bonds. The van der Waals surface area contributed by atoms with Crippen LogP contribution in [-0.2, 0) is 6.54 Å². The van der Waals surface area contributed by atoms with Crippen LogP contribution >= 0.6 is 0 Å². The summed E-state index contributed by atoms with van der Waals surface area (Å²) in [6, 6.07) is 0.0882. The second kappa shape index (κ2) is 3.27. The average molecular weight is 167 g/mol. The molecule has 1 atom stereocenters. The molecule has 0 spiro atoms. The van der Waals surface area contributed by atoms with E-state index in [0.29, 0.717) is 0 Å². The van der Waals surface area contributed by atoms with E-state index < -0.39 is 0 Å². The van der Waals surface area contributed by atoms with Gasteiger partial charge in [-0.05, 0) is 27.7 Å². The standard InChI is InChI=1S/C9H17N3/c1-5-12-8(4)9(6(2)10)7(3)11-12/h6H,5,10H2,1-4H3/t6-/m0/s1. The van der Waals surface area contributed by atoms with Gasteiger partial charge in [-0.3, -0.25) is 4.68 Å². The zero-order valence-electron chi connectivity index (χ0n) is 8.26. The molecule has 3 heteroatoms. The zero-order chi connectivity index (χ0) is 9.30. The minimum atomic E-state index is 0.0882. The van der Waals surface area contributed by atoms with E-state index in [-0.39, 0.29) is 6.04 Å². The molecule has 3 nitrogen and oxygen atoms in total. The smallest absolute Gasteiger partial charge is 0.0644 e. The minimum absolute atomic E-state index is 0.0882. The highest BCUT2D eigenvalue weighted by molar-refractivity contribution is 5.27. The number of aromatic nitrogens is 2. The van der Waals surface area contributed by atoms with Gasteiger partial charge >= 0.3 is 0 Å². The molecule has 0 aromatic carbocycles. The Morgan fingerprint density at radius 3 is 2.33 bits per heavy atom. The van der Waals surface area contributed by atoms with Gasteiger partial charge < -0.3 is 5.73 Å². The first-order valence-electron chi connectivity index (χ1n) is 4.37. The molecule has 0 saturated carbocycles. The van der Waals surface area contributed by atoms with Crippen molar-refractivity contribution >= 4 is 0 Å². The third kappa shape index (κ3) is 1.37. The first-order valence-corrected chi connectivity index (χ1v) is 4.37. The summed E-state index contributed by atoms with van der Waals surface area (Å²) in [7, 11) is 0. The van der Waals surface area contributed by atoms with Crippen LogP contribution in [0, 0.1) is 13.8 Å². The van der Waals surface area contributed by atoms with Crippen LogP contribution in [0.4, 0.5) is 0 Å². The molecule has 0 unspecified atom stereocenters. The molecule has 1 aromatic heterocycles. The number of nitrogens with two attached hydrogens (primary N) is 1. The van der Waals surface area contributed by atoms with Crippen molar-refractivity contribution in [3.8, 4) is 0 Å². The van der Waals surface area contributed by atoms with Crippen molar-refractivity contribution in [2.24, 2.45) is 5.73 Å². The van der Waals surface area contributed by atoms with Crippen LogP contribution in [-0.4, -0.2) is 9.78 Å². The van der Waals surface area contributed by atoms with Gasteiger partial charge in [-0.2, -0.15) is 5.10 Å². The lowest BCUT2D eigenvalue weighted by atomic mass is 10.1. The van der Waals surface area contributed by atoms with Crippen LogP contribution in [0.15, 0.2) is 0 Å². The third-order valence-corrected chi connectivity index (χ3v) is 2.19. The van der Waals surface area contributed by atoms with Gasteiger partial charge in [0.15, 0.2) is 0 Å². The van der Waals surface area contributed by atoms with E-state index in [1.165, 1.54) is 11.3 Å². The molecule has 1 aromatic rings. The molecule has 1 heterocycles. The normalized spacial score (nSPS) is 13.4. The van der Waals surface area contributed by atoms with E-state index in [0.717, 1.165) is 12.2 Å². The van der Waals surface area contributed by atoms with Gasteiger partial charge in [0.25, 0.3) is 0 Å². The van der Waals surface area contributed by atoms with E-state index in [2.05, 4.69) is 18.9 Å². The quantitative estimate of drug-likeness (QED) is 0.726. The fourth-order valence-electron chi connectivity index (χ4n) is 1.68. The summed E-state index contributed by atoms with van der Waals surface area (Å²) in [5.74, 6) is 0. The Balaban J connectivity index is 3.19. The Bertz CT molecular complexity index is 274. The van der Waals surface area contributed by atoms with Crippen molar-refractivity contribution in [3.63, 3.8) is 0 Å². The molecule has 12 heavy (non-hydrogen) atoms. The van der Waals surface area contributed by atoms with Gasteiger partial charge in [0.05, 0.1) is 5.69 Å². The Morgan fingerprint density at radius 2 is 2.08 bits per heavy atom. The van der Waals surface area contributed by atoms with Crippen LogP contribution in [0.2, 0.25) is 0 Å². The molecule has 0 fully saturated rings. The second-order valence-corrected chi connectivity index (χ2v) is 3.19. The lowest BCUT2D eigenvalue weighted by Gasteiger charge is -2.05. The first kappa shape index (κ1) is 9.26. The fraction of sp³-hybridized carbons (Fsp3) is 0.667. The Morgan fingerprint density at radius 1 is 1.50 bits per heavy atom. The van der Waals surface area contributed by atoms with Crippen molar-refractivity contribution < 1.29 is 0 Å². The van der Waals surface area contributed by atoms with Crippen molar-refractivity contribution in [1.29, 1.82) is 0 Å². The maximum atomic E-state index is 5.83. The zero-order valence-corrected chi connectivity index (χ0v) is 8.26. The summed E-state index contributed by atoms with van der Waals surface area (Å²) < 4.78 is 1.99. The fourth-order valence-corrected chi connectivity index (χ4v) is 1.68. The number of hydrogen-bond acceptors (Lipinski definition) is 2. The van der Waals surface area contributed by atoms with Gasteiger partial charge in [-0.15, -0.1) is 0 Å². The monoisotopic (exact) mass is 167 g/mol. The summed E-state index contributed by atoms with van der Waals surface area (Å²) in [4.78, 5) is 0. The molecule has 0 aliphatic heterocycles. The Hall–Kier alpha value is -0.830. The molecular formula is C9H17N3. The SMILES string of the molecule is CCn1nc(C)c([C@H](C)N)c1C. The largest absolute Gasteiger partial charge is 0.324 e. The molecule has 68 valence electrons. The third-order valence-electron chi connectivity index (χ3n) is 2.19. The Labute approximate surface area is 73.6 Å². The molecule has 0 radical (unpaired) electrons. The van der Waals surface area contributed by atoms with E-state index in [9.17, 15) is 0 Å². The minimum Gasteiger partial charge on any atom is -0.324 e. The van der Waals surface area contributed by atoms with Crippen LogP contribution in [0.1, 0.15) is 36.8 Å². The molecular weight excluding hydrogens is 150 g/mol. The lowest BCUT2D eigenvalue weighted by Crippen LogP contribution is -2.08. The molecule has 2 N–H and O–H groups in total. The van der Waals surface area contributed by atoms with Crippen molar-refractivity contribution in [3.05, 3.63) is 17.0 Å². The van der Waals surface area contributed by atoms with E-state index >= 15 is 0 Å². The van der Waals surface area contributed by atoms with Crippen LogP contribution in [0.3, 0.4) is 0 Å². The van der Waals surface area contributed by atoms with E-state index in [1.807, 2.05) is 18.5 Å². The molecule has 0 aliphatic carbocycles. The maximum absolute atomic E-state index is 5.83.